The zero-order valence-corrected chi connectivity index (χ0v) is 11.9. The molecule has 2 rings (SSSR count). The number of carbonyl (C=O) groups is 1. The minimum Gasteiger partial charge on any atom is -0.445 e. The minimum atomic E-state index is -0.263. The SMILES string of the molecule is CC1CCN(C(=O)OCc2ccccc2)CC1N.Cl. The van der Waals surface area contributed by atoms with Gasteiger partial charge in [-0.25, -0.2) is 4.79 Å². The molecular weight excluding hydrogens is 264 g/mol. The summed E-state index contributed by atoms with van der Waals surface area (Å²) in [4.78, 5) is 13.6. The van der Waals surface area contributed by atoms with Crippen molar-refractivity contribution in [2.45, 2.75) is 26.0 Å². The highest BCUT2D eigenvalue weighted by Gasteiger charge is 2.27. The third kappa shape index (κ3) is 4.40. The molecule has 2 atom stereocenters. The van der Waals surface area contributed by atoms with Gasteiger partial charge in [0.05, 0.1) is 0 Å². The smallest absolute Gasteiger partial charge is 0.410 e. The standard InChI is InChI=1S/C14H20N2O2.ClH/c1-11-7-8-16(9-13(11)15)14(17)18-10-12-5-3-2-4-6-12;/h2-6,11,13H,7-10,15H2,1H3;1H. The van der Waals surface area contributed by atoms with Crippen LogP contribution in [-0.2, 0) is 11.3 Å². The molecule has 0 bridgehead atoms. The van der Waals surface area contributed by atoms with Gasteiger partial charge in [-0.3, -0.25) is 0 Å². The summed E-state index contributed by atoms with van der Waals surface area (Å²) in [5.74, 6) is 0.475. The Bertz CT molecular complexity index is 400. The van der Waals surface area contributed by atoms with Gasteiger partial charge in [0.15, 0.2) is 0 Å². The molecule has 0 aromatic heterocycles. The van der Waals surface area contributed by atoms with Crippen molar-refractivity contribution in [3.63, 3.8) is 0 Å². The van der Waals surface area contributed by atoms with Crippen molar-refractivity contribution in [1.29, 1.82) is 0 Å². The van der Waals surface area contributed by atoms with Crippen LogP contribution in [0.2, 0.25) is 0 Å². The molecule has 1 aliphatic heterocycles. The van der Waals surface area contributed by atoms with Crippen molar-refractivity contribution >= 4 is 18.5 Å². The van der Waals surface area contributed by atoms with Gasteiger partial charge in [-0.05, 0) is 17.9 Å². The number of hydrogen-bond acceptors (Lipinski definition) is 3. The van der Waals surface area contributed by atoms with Gasteiger partial charge >= 0.3 is 6.09 Å². The van der Waals surface area contributed by atoms with E-state index in [1.165, 1.54) is 0 Å². The maximum atomic E-state index is 11.9. The second kappa shape index (κ2) is 7.36. The van der Waals surface area contributed by atoms with Gasteiger partial charge < -0.3 is 15.4 Å². The summed E-state index contributed by atoms with van der Waals surface area (Å²) in [5, 5.41) is 0. The van der Waals surface area contributed by atoms with E-state index in [0.29, 0.717) is 19.1 Å². The molecule has 0 saturated carbocycles. The van der Waals surface area contributed by atoms with E-state index >= 15 is 0 Å². The molecule has 1 fully saturated rings. The van der Waals surface area contributed by atoms with E-state index in [0.717, 1.165) is 18.5 Å². The van der Waals surface area contributed by atoms with Crippen LogP contribution in [0.15, 0.2) is 30.3 Å². The lowest BCUT2D eigenvalue weighted by molar-refractivity contribution is 0.0787. The molecule has 1 aromatic carbocycles. The average molecular weight is 285 g/mol. The summed E-state index contributed by atoms with van der Waals surface area (Å²) in [5.41, 5.74) is 6.96. The highest BCUT2D eigenvalue weighted by Crippen LogP contribution is 2.16. The quantitative estimate of drug-likeness (QED) is 0.907. The molecule has 0 aliphatic carbocycles. The molecule has 1 amide bonds. The van der Waals surface area contributed by atoms with E-state index < -0.39 is 0 Å². The molecule has 0 radical (unpaired) electrons. The third-order valence-electron chi connectivity index (χ3n) is 3.48. The predicted octanol–water partition coefficient (Wildman–Crippen LogP) is 2.41. The number of likely N-dealkylation sites (tertiary alicyclic amines) is 1. The molecule has 19 heavy (non-hydrogen) atoms. The topological polar surface area (TPSA) is 55.6 Å². The van der Waals surface area contributed by atoms with Crippen molar-refractivity contribution in [2.75, 3.05) is 13.1 Å². The van der Waals surface area contributed by atoms with Gasteiger partial charge in [0.25, 0.3) is 0 Å². The van der Waals surface area contributed by atoms with Crippen molar-refractivity contribution in [1.82, 2.24) is 4.90 Å². The molecule has 2 unspecified atom stereocenters. The van der Waals surface area contributed by atoms with Crippen molar-refractivity contribution in [2.24, 2.45) is 11.7 Å². The third-order valence-corrected chi connectivity index (χ3v) is 3.48. The Morgan fingerprint density at radius 3 is 2.74 bits per heavy atom. The van der Waals surface area contributed by atoms with E-state index in [-0.39, 0.29) is 24.5 Å². The lowest BCUT2D eigenvalue weighted by atomic mass is 9.95. The predicted molar refractivity (Wildman–Crippen MR) is 77.2 cm³/mol. The number of piperidine rings is 1. The first kappa shape index (κ1) is 15.8. The van der Waals surface area contributed by atoms with Crippen LogP contribution in [0.5, 0.6) is 0 Å². The van der Waals surface area contributed by atoms with Crippen LogP contribution in [-0.4, -0.2) is 30.1 Å². The van der Waals surface area contributed by atoms with Crippen LogP contribution in [0.3, 0.4) is 0 Å². The van der Waals surface area contributed by atoms with Gasteiger partial charge in [-0.15, -0.1) is 12.4 Å². The molecule has 1 saturated heterocycles. The second-order valence-corrected chi connectivity index (χ2v) is 4.92. The molecule has 1 aromatic rings. The van der Waals surface area contributed by atoms with E-state index in [1.807, 2.05) is 30.3 Å². The minimum absolute atomic E-state index is 0. The van der Waals surface area contributed by atoms with Crippen LogP contribution in [0, 0.1) is 5.92 Å². The summed E-state index contributed by atoms with van der Waals surface area (Å²) < 4.78 is 5.28. The van der Waals surface area contributed by atoms with Crippen molar-refractivity contribution in [3.8, 4) is 0 Å². The Morgan fingerprint density at radius 2 is 2.11 bits per heavy atom. The lowest BCUT2D eigenvalue weighted by Crippen LogP contribution is -2.49. The number of carbonyl (C=O) groups excluding carboxylic acids is 1. The number of benzene rings is 1. The first-order chi connectivity index (χ1) is 8.66. The van der Waals surface area contributed by atoms with Crippen LogP contribution >= 0.6 is 12.4 Å². The van der Waals surface area contributed by atoms with Crippen LogP contribution in [0.25, 0.3) is 0 Å². The molecule has 0 spiro atoms. The summed E-state index contributed by atoms with van der Waals surface area (Å²) in [7, 11) is 0. The molecule has 4 nitrogen and oxygen atoms in total. The Kier molecular flexibility index (Phi) is 6.12. The van der Waals surface area contributed by atoms with E-state index in [1.54, 1.807) is 4.90 Å². The van der Waals surface area contributed by atoms with Gasteiger partial charge in [-0.2, -0.15) is 0 Å². The Labute approximate surface area is 120 Å². The fraction of sp³-hybridized carbons (Fsp3) is 0.500. The number of halogens is 1. The number of ether oxygens (including phenoxy) is 1. The summed E-state index contributed by atoms with van der Waals surface area (Å²) >= 11 is 0. The fourth-order valence-corrected chi connectivity index (χ4v) is 2.08. The van der Waals surface area contributed by atoms with Crippen molar-refractivity contribution < 1.29 is 9.53 Å². The summed E-state index contributed by atoms with van der Waals surface area (Å²) in [6.07, 6.45) is 0.683. The van der Waals surface area contributed by atoms with Gasteiger partial charge in [0.2, 0.25) is 0 Å². The van der Waals surface area contributed by atoms with Crippen molar-refractivity contribution in [3.05, 3.63) is 35.9 Å². The zero-order chi connectivity index (χ0) is 13.0. The van der Waals surface area contributed by atoms with Crippen LogP contribution < -0.4 is 5.73 Å². The Balaban J connectivity index is 0.00000180. The highest BCUT2D eigenvalue weighted by molar-refractivity contribution is 5.85. The number of amides is 1. The Morgan fingerprint density at radius 1 is 1.42 bits per heavy atom. The summed E-state index contributed by atoms with van der Waals surface area (Å²) in [6.45, 7) is 3.77. The molecule has 106 valence electrons. The van der Waals surface area contributed by atoms with E-state index in [9.17, 15) is 4.79 Å². The molecule has 1 aliphatic rings. The number of rotatable bonds is 2. The normalized spacial score (nSPS) is 22.5. The van der Waals surface area contributed by atoms with Crippen LogP contribution in [0.1, 0.15) is 18.9 Å². The second-order valence-electron chi connectivity index (χ2n) is 4.92. The average Bonchev–Trinajstić information content (AvgIpc) is 2.40. The van der Waals surface area contributed by atoms with Gasteiger partial charge in [0, 0.05) is 19.1 Å². The fourth-order valence-electron chi connectivity index (χ4n) is 2.08. The maximum Gasteiger partial charge on any atom is 0.410 e. The number of nitrogens with two attached hydrogens (primary N) is 1. The monoisotopic (exact) mass is 284 g/mol. The summed E-state index contributed by atoms with van der Waals surface area (Å²) in [6, 6.07) is 9.75. The van der Waals surface area contributed by atoms with Crippen LogP contribution in [0.4, 0.5) is 4.79 Å². The molecular formula is C14H21ClN2O2. The molecule has 5 heteroatoms. The van der Waals surface area contributed by atoms with E-state index in [2.05, 4.69) is 6.92 Å². The molecule has 2 N–H and O–H groups in total. The largest absolute Gasteiger partial charge is 0.445 e. The highest BCUT2D eigenvalue weighted by atomic mass is 35.5. The number of hydrogen-bond donors (Lipinski definition) is 1. The zero-order valence-electron chi connectivity index (χ0n) is 11.1. The van der Waals surface area contributed by atoms with Gasteiger partial charge in [-0.1, -0.05) is 37.3 Å². The first-order valence-electron chi connectivity index (χ1n) is 6.38. The van der Waals surface area contributed by atoms with E-state index in [4.69, 9.17) is 10.5 Å². The van der Waals surface area contributed by atoms with Gasteiger partial charge in [0.1, 0.15) is 6.61 Å². The number of nitrogens with zero attached hydrogens (tertiary/aromatic N) is 1. The maximum absolute atomic E-state index is 11.9. The lowest BCUT2D eigenvalue weighted by Gasteiger charge is -2.34. The molecule has 1 heterocycles. The Hall–Kier alpha value is -1.26. The first-order valence-corrected chi connectivity index (χ1v) is 6.38.